The van der Waals surface area contributed by atoms with Gasteiger partial charge in [0.1, 0.15) is 11.6 Å². The van der Waals surface area contributed by atoms with Gasteiger partial charge in [0.15, 0.2) is 6.10 Å². The van der Waals surface area contributed by atoms with Crippen LogP contribution in [0.15, 0.2) is 24.3 Å². The lowest BCUT2D eigenvalue weighted by molar-refractivity contribution is -0.139. The molecule has 0 saturated carbocycles. The van der Waals surface area contributed by atoms with Crippen molar-refractivity contribution in [1.29, 1.82) is 0 Å². The third kappa shape index (κ3) is 7.10. The number of likely N-dealkylation sites (N-methyl/N-ethyl adjacent to an activating group) is 1. The van der Waals surface area contributed by atoms with E-state index in [2.05, 4.69) is 5.32 Å². The number of rotatable bonds is 9. The summed E-state index contributed by atoms with van der Waals surface area (Å²) in [7, 11) is 3.12. The fourth-order valence-corrected chi connectivity index (χ4v) is 1.87. The van der Waals surface area contributed by atoms with Crippen molar-refractivity contribution in [3.63, 3.8) is 0 Å². The van der Waals surface area contributed by atoms with Crippen LogP contribution in [0.1, 0.15) is 13.3 Å². The van der Waals surface area contributed by atoms with Gasteiger partial charge in [-0.15, -0.1) is 0 Å². The second-order valence-corrected chi connectivity index (χ2v) is 5.10. The van der Waals surface area contributed by atoms with Crippen molar-refractivity contribution in [2.24, 2.45) is 0 Å². The highest BCUT2D eigenvalue weighted by Gasteiger charge is 2.21. The Labute approximate surface area is 135 Å². The highest BCUT2D eigenvalue weighted by molar-refractivity contribution is 5.86. The van der Waals surface area contributed by atoms with E-state index in [-0.39, 0.29) is 24.2 Å². The smallest absolute Gasteiger partial charge is 0.263 e. The summed E-state index contributed by atoms with van der Waals surface area (Å²) >= 11 is 0. The minimum atomic E-state index is -0.772. The summed E-state index contributed by atoms with van der Waals surface area (Å²) in [5.74, 6) is -0.560. The van der Waals surface area contributed by atoms with Gasteiger partial charge in [-0.2, -0.15) is 0 Å². The van der Waals surface area contributed by atoms with E-state index < -0.39 is 6.10 Å². The molecule has 0 spiro atoms. The molecule has 0 unspecified atom stereocenters. The first-order valence-corrected chi connectivity index (χ1v) is 7.37. The molecule has 0 radical (unpaired) electrons. The molecule has 1 aromatic carbocycles. The molecule has 0 bridgehead atoms. The average molecular weight is 326 g/mol. The number of benzene rings is 1. The zero-order valence-corrected chi connectivity index (χ0v) is 13.7. The summed E-state index contributed by atoms with van der Waals surface area (Å²) in [6.07, 6.45) is -0.0592. The molecule has 0 heterocycles. The molecule has 0 saturated heterocycles. The van der Waals surface area contributed by atoms with Crippen LogP contribution in [0.5, 0.6) is 5.75 Å². The largest absolute Gasteiger partial charge is 0.481 e. The van der Waals surface area contributed by atoms with Gasteiger partial charge in [-0.05, 0) is 37.6 Å². The van der Waals surface area contributed by atoms with Crippen molar-refractivity contribution in [2.75, 3.05) is 33.9 Å². The van der Waals surface area contributed by atoms with Crippen LogP contribution in [0, 0.1) is 5.82 Å². The first-order valence-electron chi connectivity index (χ1n) is 7.37. The average Bonchev–Trinajstić information content (AvgIpc) is 2.53. The number of halogens is 1. The normalized spacial score (nSPS) is 11.7. The van der Waals surface area contributed by atoms with E-state index in [0.717, 1.165) is 0 Å². The minimum absolute atomic E-state index is 0.0526. The molecule has 2 amide bonds. The highest BCUT2D eigenvalue weighted by atomic mass is 19.1. The van der Waals surface area contributed by atoms with E-state index in [1.165, 1.54) is 36.2 Å². The first-order chi connectivity index (χ1) is 10.9. The zero-order valence-electron chi connectivity index (χ0n) is 13.7. The van der Waals surface area contributed by atoms with Crippen molar-refractivity contribution < 1.29 is 23.5 Å². The van der Waals surface area contributed by atoms with Crippen molar-refractivity contribution in [3.05, 3.63) is 30.1 Å². The number of nitrogens with one attached hydrogen (secondary N) is 1. The molecule has 0 aliphatic rings. The monoisotopic (exact) mass is 326 g/mol. The lowest BCUT2D eigenvalue weighted by atomic mass is 10.3. The second kappa shape index (κ2) is 9.78. The molecule has 6 nitrogen and oxygen atoms in total. The van der Waals surface area contributed by atoms with Gasteiger partial charge >= 0.3 is 0 Å². The van der Waals surface area contributed by atoms with E-state index in [0.29, 0.717) is 25.3 Å². The van der Waals surface area contributed by atoms with Crippen LogP contribution in [0.25, 0.3) is 0 Å². The van der Waals surface area contributed by atoms with Crippen LogP contribution >= 0.6 is 0 Å². The SMILES string of the molecule is COCCCNC(=O)CN(C)C(=O)[C@@H](C)Oc1ccc(F)cc1. The Morgan fingerprint density at radius 1 is 1.30 bits per heavy atom. The predicted molar refractivity (Wildman–Crippen MR) is 83.6 cm³/mol. The molecule has 1 atom stereocenters. The number of methoxy groups -OCH3 is 1. The molecule has 7 heteroatoms. The van der Waals surface area contributed by atoms with Crippen LogP contribution < -0.4 is 10.1 Å². The summed E-state index contributed by atoms with van der Waals surface area (Å²) in [4.78, 5) is 25.2. The summed E-state index contributed by atoms with van der Waals surface area (Å²) in [6, 6.07) is 5.40. The molecule has 1 aromatic rings. The molecule has 1 rings (SSSR count). The molecular weight excluding hydrogens is 303 g/mol. The number of hydrogen-bond acceptors (Lipinski definition) is 4. The van der Waals surface area contributed by atoms with Crippen molar-refractivity contribution >= 4 is 11.8 Å². The van der Waals surface area contributed by atoms with Gasteiger partial charge in [0, 0.05) is 27.3 Å². The predicted octanol–water partition coefficient (Wildman–Crippen LogP) is 1.20. The van der Waals surface area contributed by atoms with Gasteiger partial charge < -0.3 is 19.7 Å². The third-order valence-electron chi connectivity index (χ3n) is 3.08. The van der Waals surface area contributed by atoms with Gasteiger partial charge in [0.2, 0.25) is 5.91 Å². The second-order valence-electron chi connectivity index (χ2n) is 5.10. The van der Waals surface area contributed by atoms with E-state index in [4.69, 9.17) is 9.47 Å². The van der Waals surface area contributed by atoms with Crippen LogP contribution in [0.4, 0.5) is 4.39 Å². The van der Waals surface area contributed by atoms with E-state index in [9.17, 15) is 14.0 Å². The van der Waals surface area contributed by atoms with Gasteiger partial charge in [0.05, 0.1) is 6.54 Å². The number of ether oxygens (including phenoxy) is 2. The Balaban J connectivity index is 2.39. The van der Waals surface area contributed by atoms with Crippen molar-refractivity contribution in [2.45, 2.75) is 19.4 Å². The van der Waals surface area contributed by atoms with Crippen LogP contribution in [0.3, 0.4) is 0 Å². The number of carbonyl (C=O) groups excluding carboxylic acids is 2. The summed E-state index contributed by atoms with van der Waals surface area (Å²) < 4.78 is 23.1. The maximum absolute atomic E-state index is 12.8. The molecule has 0 fully saturated rings. The van der Waals surface area contributed by atoms with Crippen LogP contribution in [0.2, 0.25) is 0 Å². The van der Waals surface area contributed by atoms with Gasteiger partial charge in [0.25, 0.3) is 5.91 Å². The number of carbonyl (C=O) groups is 2. The Hall–Kier alpha value is -2.15. The Bertz CT molecular complexity index is 507. The van der Waals surface area contributed by atoms with E-state index >= 15 is 0 Å². The zero-order chi connectivity index (χ0) is 17.2. The number of amides is 2. The maximum atomic E-state index is 12.8. The fourth-order valence-electron chi connectivity index (χ4n) is 1.87. The van der Waals surface area contributed by atoms with Crippen molar-refractivity contribution in [3.8, 4) is 5.75 Å². The van der Waals surface area contributed by atoms with Gasteiger partial charge in [-0.25, -0.2) is 4.39 Å². The molecule has 23 heavy (non-hydrogen) atoms. The lowest BCUT2D eigenvalue weighted by Gasteiger charge is -2.21. The topological polar surface area (TPSA) is 67.9 Å². The fraction of sp³-hybridized carbons (Fsp3) is 0.500. The van der Waals surface area contributed by atoms with Crippen LogP contribution in [-0.2, 0) is 14.3 Å². The highest BCUT2D eigenvalue weighted by Crippen LogP contribution is 2.13. The molecule has 0 aromatic heterocycles. The molecular formula is C16H23FN2O4. The molecule has 0 aliphatic carbocycles. The van der Waals surface area contributed by atoms with Gasteiger partial charge in [-0.1, -0.05) is 0 Å². The Kier molecular flexibility index (Phi) is 8.04. The minimum Gasteiger partial charge on any atom is -0.481 e. The molecule has 1 N–H and O–H groups in total. The Morgan fingerprint density at radius 3 is 2.57 bits per heavy atom. The maximum Gasteiger partial charge on any atom is 0.263 e. The van der Waals surface area contributed by atoms with Crippen molar-refractivity contribution in [1.82, 2.24) is 10.2 Å². The standard InChI is InChI=1S/C16H23FN2O4/c1-12(23-14-7-5-13(17)6-8-14)16(21)19(2)11-15(20)18-9-4-10-22-3/h5-8,12H,4,9-11H2,1-3H3,(H,18,20)/t12-/m1/s1. The first kappa shape index (κ1) is 18.9. The summed E-state index contributed by atoms with van der Waals surface area (Å²) in [6.45, 7) is 2.59. The summed E-state index contributed by atoms with van der Waals surface area (Å²) in [5, 5.41) is 2.70. The van der Waals surface area contributed by atoms with E-state index in [1.807, 2.05) is 0 Å². The van der Waals surface area contributed by atoms with E-state index in [1.54, 1.807) is 14.0 Å². The Morgan fingerprint density at radius 2 is 1.96 bits per heavy atom. The van der Waals surface area contributed by atoms with Gasteiger partial charge in [-0.3, -0.25) is 9.59 Å². The lowest BCUT2D eigenvalue weighted by Crippen LogP contribution is -2.43. The molecule has 128 valence electrons. The number of hydrogen-bond donors (Lipinski definition) is 1. The summed E-state index contributed by atoms with van der Waals surface area (Å²) in [5.41, 5.74) is 0. The molecule has 0 aliphatic heterocycles. The quantitative estimate of drug-likeness (QED) is 0.693. The third-order valence-corrected chi connectivity index (χ3v) is 3.08. The van der Waals surface area contributed by atoms with Crippen LogP contribution in [-0.4, -0.2) is 56.7 Å². The number of nitrogens with zero attached hydrogens (tertiary/aromatic N) is 1.